The number of nitrogens with two attached hydrogens (primary N) is 2. The molecule has 0 aliphatic rings. The van der Waals surface area contributed by atoms with Crippen LogP contribution >= 0.6 is 0 Å². The van der Waals surface area contributed by atoms with Crippen LogP contribution in [0.1, 0.15) is 15.9 Å². The summed E-state index contributed by atoms with van der Waals surface area (Å²) in [7, 11) is 0. The molecule has 0 aliphatic carbocycles. The van der Waals surface area contributed by atoms with E-state index in [1.54, 1.807) is 24.3 Å². The first-order valence-corrected chi connectivity index (χ1v) is 8.59. The van der Waals surface area contributed by atoms with Crippen LogP contribution in [0.5, 0.6) is 0 Å². The quantitative estimate of drug-likeness (QED) is 0.510. The Balaban J connectivity index is 2.03. The predicted molar refractivity (Wildman–Crippen MR) is 106 cm³/mol. The van der Waals surface area contributed by atoms with Crippen LogP contribution in [0.3, 0.4) is 0 Å². The fourth-order valence-electron chi connectivity index (χ4n) is 3.45. The Morgan fingerprint density at radius 2 is 1.63 bits per heavy atom. The number of hydrogen-bond donors (Lipinski definition) is 3. The second-order valence-corrected chi connectivity index (χ2v) is 6.34. The zero-order chi connectivity index (χ0) is 19.0. The molecule has 0 spiro atoms. The Labute approximate surface area is 155 Å². The summed E-state index contributed by atoms with van der Waals surface area (Å²) in [5.41, 5.74) is 16.3. The maximum absolute atomic E-state index is 14.3. The highest BCUT2D eigenvalue weighted by atomic mass is 19.1. The molecule has 0 fully saturated rings. The first-order chi connectivity index (χ1) is 13.1. The molecule has 5 heteroatoms. The van der Waals surface area contributed by atoms with Gasteiger partial charge in [0.2, 0.25) is 0 Å². The van der Waals surface area contributed by atoms with Gasteiger partial charge in [0.1, 0.15) is 5.82 Å². The van der Waals surface area contributed by atoms with Crippen molar-refractivity contribution in [1.29, 1.82) is 0 Å². The lowest BCUT2D eigenvalue weighted by Gasteiger charge is -2.10. The number of rotatable bonds is 4. The first kappa shape index (κ1) is 17.0. The number of benzene rings is 3. The molecule has 4 rings (SSSR count). The van der Waals surface area contributed by atoms with Gasteiger partial charge in [0.25, 0.3) is 5.91 Å². The summed E-state index contributed by atoms with van der Waals surface area (Å²) in [4.78, 5) is 15.1. The van der Waals surface area contributed by atoms with E-state index in [4.69, 9.17) is 11.5 Å². The molecule has 27 heavy (non-hydrogen) atoms. The number of aromatic nitrogens is 1. The van der Waals surface area contributed by atoms with E-state index in [0.717, 1.165) is 22.1 Å². The van der Waals surface area contributed by atoms with Gasteiger partial charge >= 0.3 is 0 Å². The van der Waals surface area contributed by atoms with Crippen molar-refractivity contribution in [3.05, 3.63) is 83.7 Å². The van der Waals surface area contributed by atoms with Gasteiger partial charge < -0.3 is 16.5 Å². The van der Waals surface area contributed by atoms with Crippen LogP contribution in [0, 0.1) is 5.82 Å². The van der Waals surface area contributed by atoms with Gasteiger partial charge in [-0.1, -0.05) is 42.5 Å². The summed E-state index contributed by atoms with van der Waals surface area (Å²) in [6.45, 7) is 0.389. The SMILES string of the molecule is NCc1ccccc1-c1ccc(C(N)=O)c2[nH]c(-c3ccccc3F)cc12. The number of H-pyrrole nitrogens is 1. The smallest absolute Gasteiger partial charge is 0.250 e. The van der Waals surface area contributed by atoms with E-state index in [1.807, 2.05) is 36.4 Å². The minimum Gasteiger partial charge on any atom is -0.366 e. The molecule has 0 aliphatic heterocycles. The van der Waals surface area contributed by atoms with Gasteiger partial charge in [0.15, 0.2) is 0 Å². The molecular weight excluding hydrogens is 341 g/mol. The van der Waals surface area contributed by atoms with Crippen molar-refractivity contribution in [2.75, 3.05) is 0 Å². The molecule has 0 radical (unpaired) electrons. The number of primary amides is 1. The minimum atomic E-state index is -0.541. The Kier molecular flexibility index (Phi) is 4.22. The topological polar surface area (TPSA) is 84.9 Å². The Hall–Kier alpha value is -3.44. The molecule has 1 amide bonds. The molecule has 0 atom stereocenters. The number of carbonyl (C=O) groups excluding carboxylic acids is 1. The lowest BCUT2D eigenvalue weighted by atomic mass is 9.95. The van der Waals surface area contributed by atoms with Crippen LogP contribution < -0.4 is 11.5 Å². The number of aromatic amines is 1. The largest absolute Gasteiger partial charge is 0.366 e. The molecule has 0 bridgehead atoms. The summed E-state index contributed by atoms with van der Waals surface area (Å²) in [6.07, 6.45) is 0. The van der Waals surface area contributed by atoms with Crippen molar-refractivity contribution in [2.24, 2.45) is 11.5 Å². The molecule has 0 saturated carbocycles. The highest BCUT2D eigenvalue weighted by Gasteiger charge is 2.17. The molecule has 5 N–H and O–H groups in total. The van der Waals surface area contributed by atoms with E-state index < -0.39 is 5.91 Å². The second-order valence-electron chi connectivity index (χ2n) is 6.34. The number of carbonyl (C=O) groups is 1. The lowest BCUT2D eigenvalue weighted by Crippen LogP contribution is -2.11. The van der Waals surface area contributed by atoms with E-state index in [-0.39, 0.29) is 5.82 Å². The van der Waals surface area contributed by atoms with Crippen LogP contribution in [0.25, 0.3) is 33.3 Å². The molecule has 1 aromatic heterocycles. The average molecular weight is 359 g/mol. The van der Waals surface area contributed by atoms with Crippen LogP contribution in [-0.4, -0.2) is 10.9 Å². The molecule has 0 unspecified atom stereocenters. The van der Waals surface area contributed by atoms with Gasteiger partial charge in [-0.05, 0) is 41.0 Å². The Morgan fingerprint density at radius 3 is 2.33 bits per heavy atom. The molecule has 4 nitrogen and oxygen atoms in total. The third-order valence-electron chi connectivity index (χ3n) is 4.75. The summed E-state index contributed by atoms with van der Waals surface area (Å²) in [5, 5.41) is 0.797. The van der Waals surface area contributed by atoms with Crippen molar-refractivity contribution in [1.82, 2.24) is 4.98 Å². The Bertz CT molecular complexity index is 1160. The third kappa shape index (κ3) is 2.88. The summed E-state index contributed by atoms with van der Waals surface area (Å²) < 4.78 is 14.3. The van der Waals surface area contributed by atoms with Crippen molar-refractivity contribution in [3.63, 3.8) is 0 Å². The fraction of sp³-hybridized carbons (Fsp3) is 0.0455. The third-order valence-corrected chi connectivity index (χ3v) is 4.75. The van der Waals surface area contributed by atoms with Gasteiger partial charge in [0, 0.05) is 23.2 Å². The van der Waals surface area contributed by atoms with Crippen LogP contribution in [-0.2, 0) is 6.54 Å². The highest BCUT2D eigenvalue weighted by molar-refractivity contribution is 6.10. The standard InChI is InChI=1S/C22H18FN3O/c23-19-8-4-3-7-16(19)20-11-18-15(14-6-2-1-5-13(14)12-24)9-10-17(22(25)27)21(18)26-20/h1-11,26H,12,24H2,(H2,25,27). The molecular formula is C22H18FN3O. The van der Waals surface area contributed by atoms with Crippen molar-refractivity contribution in [2.45, 2.75) is 6.54 Å². The zero-order valence-corrected chi connectivity index (χ0v) is 14.5. The molecule has 1 heterocycles. The average Bonchev–Trinajstić information content (AvgIpc) is 3.12. The number of fused-ring (bicyclic) bond motifs is 1. The van der Waals surface area contributed by atoms with Gasteiger partial charge in [-0.3, -0.25) is 4.79 Å². The van der Waals surface area contributed by atoms with E-state index in [2.05, 4.69) is 4.98 Å². The van der Waals surface area contributed by atoms with Gasteiger partial charge in [0.05, 0.1) is 11.1 Å². The number of amides is 1. The number of hydrogen-bond acceptors (Lipinski definition) is 2. The molecule has 0 saturated heterocycles. The molecule has 4 aromatic rings. The fourth-order valence-corrected chi connectivity index (χ4v) is 3.45. The molecule has 134 valence electrons. The van der Waals surface area contributed by atoms with Crippen molar-refractivity contribution < 1.29 is 9.18 Å². The van der Waals surface area contributed by atoms with Crippen LogP contribution in [0.4, 0.5) is 4.39 Å². The summed E-state index contributed by atoms with van der Waals surface area (Å²) >= 11 is 0. The maximum Gasteiger partial charge on any atom is 0.250 e. The van der Waals surface area contributed by atoms with Gasteiger partial charge in [-0.15, -0.1) is 0 Å². The van der Waals surface area contributed by atoms with Crippen LogP contribution in [0.15, 0.2) is 66.7 Å². The maximum atomic E-state index is 14.3. The summed E-state index contributed by atoms with van der Waals surface area (Å²) in [6, 6.07) is 19.7. The van der Waals surface area contributed by atoms with Crippen molar-refractivity contribution in [3.8, 4) is 22.4 Å². The first-order valence-electron chi connectivity index (χ1n) is 8.59. The van der Waals surface area contributed by atoms with E-state index in [0.29, 0.717) is 28.9 Å². The van der Waals surface area contributed by atoms with Gasteiger partial charge in [-0.2, -0.15) is 0 Å². The zero-order valence-electron chi connectivity index (χ0n) is 14.5. The lowest BCUT2D eigenvalue weighted by molar-refractivity contribution is 0.100. The van der Waals surface area contributed by atoms with E-state index in [1.165, 1.54) is 6.07 Å². The number of halogens is 1. The minimum absolute atomic E-state index is 0.339. The Morgan fingerprint density at radius 1 is 0.926 bits per heavy atom. The highest BCUT2D eigenvalue weighted by Crippen LogP contribution is 2.36. The van der Waals surface area contributed by atoms with Crippen LogP contribution in [0.2, 0.25) is 0 Å². The molecule has 3 aromatic carbocycles. The normalized spacial score (nSPS) is 11.0. The van der Waals surface area contributed by atoms with Crippen molar-refractivity contribution >= 4 is 16.8 Å². The predicted octanol–water partition coefficient (Wildman–Crippen LogP) is 4.20. The van der Waals surface area contributed by atoms with E-state index in [9.17, 15) is 9.18 Å². The summed E-state index contributed by atoms with van der Waals surface area (Å²) in [5.74, 6) is -0.880. The van der Waals surface area contributed by atoms with Gasteiger partial charge in [-0.25, -0.2) is 4.39 Å². The second kappa shape index (κ2) is 6.70. The number of nitrogens with one attached hydrogen (secondary N) is 1. The monoisotopic (exact) mass is 359 g/mol. The van der Waals surface area contributed by atoms with E-state index >= 15 is 0 Å².